The highest BCUT2D eigenvalue weighted by Gasteiger charge is 2.38. The predicted molar refractivity (Wildman–Crippen MR) is 63.0 cm³/mol. The number of hydrogen-bond acceptors (Lipinski definition) is 2. The molecule has 1 atom stereocenters. The molecule has 2 aliphatic rings. The maximum atomic E-state index is 6.36. The molecule has 1 unspecified atom stereocenters. The van der Waals surface area contributed by atoms with E-state index in [2.05, 4.69) is 19.2 Å². The first kappa shape index (κ1) is 11.4. The van der Waals surface area contributed by atoms with E-state index in [9.17, 15) is 0 Å². The van der Waals surface area contributed by atoms with Crippen LogP contribution in [0.3, 0.4) is 0 Å². The average Bonchev–Trinajstić information content (AvgIpc) is 2.17. The third kappa shape index (κ3) is 2.94. The zero-order chi connectivity index (χ0) is 10.7. The molecule has 0 aromatic heterocycles. The van der Waals surface area contributed by atoms with E-state index >= 15 is 0 Å². The number of ether oxygens (including phenoxy) is 1. The van der Waals surface area contributed by atoms with Crippen LogP contribution in [-0.2, 0) is 4.74 Å². The lowest BCUT2D eigenvalue weighted by atomic mass is 9.83. The fourth-order valence-electron chi connectivity index (χ4n) is 3.05. The van der Waals surface area contributed by atoms with Crippen molar-refractivity contribution < 1.29 is 4.74 Å². The molecule has 1 spiro atoms. The Morgan fingerprint density at radius 3 is 2.67 bits per heavy atom. The minimum atomic E-state index is 0.204. The van der Waals surface area contributed by atoms with Crippen LogP contribution < -0.4 is 5.32 Å². The highest BCUT2D eigenvalue weighted by atomic mass is 16.5. The van der Waals surface area contributed by atoms with Crippen molar-refractivity contribution in [1.29, 1.82) is 0 Å². The summed E-state index contributed by atoms with van der Waals surface area (Å²) in [5.74, 6) is 0.746. The first-order chi connectivity index (χ1) is 7.20. The van der Waals surface area contributed by atoms with E-state index in [1.54, 1.807) is 0 Å². The van der Waals surface area contributed by atoms with E-state index in [0.29, 0.717) is 6.10 Å². The SMILES string of the molecule is CC(C)CC1CNCC2(CCCCC2)O1. The second-order valence-corrected chi connectivity index (χ2v) is 5.74. The van der Waals surface area contributed by atoms with Gasteiger partial charge in [-0.2, -0.15) is 0 Å². The summed E-state index contributed by atoms with van der Waals surface area (Å²) in [5.41, 5.74) is 0.204. The molecule has 2 nitrogen and oxygen atoms in total. The Hall–Kier alpha value is -0.0800. The van der Waals surface area contributed by atoms with Crippen LogP contribution in [0.5, 0.6) is 0 Å². The fraction of sp³-hybridized carbons (Fsp3) is 1.00. The summed E-state index contributed by atoms with van der Waals surface area (Å²) in [4.78, 5) is 0. The van der Waals surface area contributed by atoms with Crippen molar-refractivity contribution in [3.63, 3.8) is 0 Å². The molecule has 0 aromatic carbocycles. The normalized spacial score (nSPS) is 31.0. The topological polar surface area (TPSA) is 21.3 Å². The minimum Gasteiger partial charge on any atom is -0.369 e. The van der Waals surface area contributed by atoms with Gasteiger partial charge in [-0.25, -0.2) is 0 Å². The van der Waals surface area contributed by atoms with E-state index in [-0.39, 0.29) is 5.60 Å². The van der Waals surface area contributed by atoms with Gasteiger partial charge in [0, 0.05) is 13.1 Å². The third-order valence-corrected chi connectivity index (χ3v) is 3.73. The molecule has 1 saturated carbocycles. The van der Waals surface area contributed by atoms with Crippen molar-refractivity contribution in [2.45, 2.75) is 64.1 Å². The van der Waals surface area contributed by atoms with Gasteiger partial charge in [-0.3, -0.25) is 0 Å². The molecule has 1 saturated heterocycles. The zero-order valence-electron chi connectivity index (χ0n) is 10.2. The van der Waals surface area contributed by atoms with E-state index in [1.807, 2.05) is 0 Å². The van der Waals surface area contributed by atoms with Crippen molar-refractivity contribution in [2.75, 3.05) is 13.1 Å². The van der Waals surface area contributed by atoms with Crippen LogP contribution >= 0.6 is 0 Å². The molecule has 0 bridgehead atoms. The molecule has 1 aliphatic carbocycles. The molecule has 1 aliphatic heterocycles. The maximum absolute atomic E-state index is 6.36. The molecule has 0 amide bonds. The Kier molecular flexibility index (Phi) is 3.68. The van der Waals surface area contributed by atoms with Crippen LogP contribution in [0.1, 0.15) is 52.4 Å². The molecule has 2 rings (SSSR count). The lowest BCUT2D eigenvalue weighted by Crippen LogP contribution is -2.54. The molecule has 0 radical (unpaired) electrons. The Morgan fingerprint density at radius 2 is 2.00 bits per heavy atom. The molecule has 1 N–H and O–H groups in total. The maximum Gasteiger partial charge on any atom is 0.0810 e. The Balaban J connectivity index is 1.90. The molecule has 1 heterocycles. The number of rotatable bonds is 2. The molecule has 2 heteroatoms. The smallest absolute Gasteiger partial charge is 0.0810 e. The summed E-state index contributed by atoms with van der Waals surface area (Å²) in [6.07, 6.45) is 8.32. The minimum absolute atomic E-state index is 0.204. The average molecular weight is 211 g/mol. The fourth-order valence-corrected chi connectivity index (χ4v) is 3.05. The van der Waals surface area contributed by atoms with Crippen LogP contribution in [0.4, 0.5) is 0 Å². The van der Waals surface area contributed by atoms with Gasteiger partial charge in [0.2, 0.25) is 0 Å². The molecule has 88 valence electrons. The second kappa shape index (κ2) is 4.84. The molecular weight excluding hydrogens is 186 g/mol. The Bertz CT molecular complexity index is 191. The van der Waals surface area contributed by atoms with E-state index in [4.69, 9.17) is 4.74 Å². The van der Waals surface area contributed by atoms with Crippen molar-refractivity contribution >= 4 is 0 Å². The summed E-state index contributed by atoms with van der Waals surface area (Å²) >= 11 is 0. The molecular formula is C13H25NO. The van der Waals surface area contributed by atoms with Crippen LogP contribution in [0.25, 0.3) is 0 Å². The molecule has 15 heavy (non-hydrogen) atoms. The predicted octanol–water partition coefficient (Wildman–Crippen LogP) is 2.72. The summed E-state index contributed by atoms with van der Waals surface area (Å²) < 4.78 is 6.36. The van der Waals surface area contributed by atoms with Crippen LogP contribution in [0.2, 0.25) is 0 Å². The van der Waals surface area contributed by atoms with Gasteiger partial charge in [0.1, 0.15) is 0 Å². The molecule has 0 aromatic rings. The van der Waals surface area contributed by atoms with E-state index in [1.165, 1.54) is 38.5 Å². The van der Waals surface area contributed by atoms with Gasteiger partial charge in [0.25, 0.3) is 0 Å². The third-order valence-electron chi connectivity index (χ3n) is 3.73. The van der Waals surface area contributed by atoms with Gasteiger partial charge in [-0.15, -0.1) is 0 Å². The van der Waals surface area contributed by atoms with Crippen LogP contribution in [0.15, 0.2) is 0 Å². The zero-order valence-corrected chi connectivity index (χ0v) is 10.2. The van der Waals surface area contributed by atoms with Gasteiger partial charge in [0.15, 0.2) is 0 Å². The lowest BCUT2D eigenvalue weighted by molar-refractivity contribution is -0.138. The van der Waals surface area contributed by atoms with Gasteiger partial charge in [-0.05, 0) is 25.2 Å². The van der Waals surface area contributed by atoms with Crippen molar-refractivity contribution in [3.05, 3.63) is 0 Å². The van der Waals surface area contributed by atoms with Gasteiger partial charge in [-0.1, -0.05) is 33.1 Å². The van der Waals surface area contributed by atoms with Crippen LogP contribution in [-0.4, -0.2) is 24.8 Å². The van der Waals surface area contributed by atoms with Crippen molar-refractivity contribution in [1.82, 2.24) is 5.32 Å². The van der Waals surface area contributed by atoms with Gasteiger partial charge < -0.3 is 10.1 Å². The summed E-state index contributed by atoms with van der Waals surface area (Å²) in [5, 5.41) is 3.58. The second-order valence-electron chi connectivity index (χ2n) is 5.74. The first-order valence-corrected chi connectivity index (χ1v) is 6.59. The summed E-state index contributed by atoms with van der Waals surface area (Å²) in [7, 11) is 0. The summed E-state index contributed by atoms with van der Waals surface area (Å²) in [6.45, 7) is 6.71. The highest BCUT2D eigenvalue weighted by Crippen LogP contribution is 2.34. The van der Waals surface area contributed by atoms with Crippen molar-refractivity contribution in [3.8, 4) is 0 Å². The lowest BCUT2D eigenvalue weighted by Gasteiger charge is -2.44. The Morgan fingerprint density at radius 1 is 1.27 bits per heavy atom. The molecule has 2 fully saturated rings. The highest BCUT2D eigenvalue weighted by molar-refractivity contribution is 4.91. The van der Waals surface area contributed by atoms with Crippen LogP contribution in [0, 0.1) is 5.92 Å². The first-order valence-electron chi connectivity index (χ1n) is 6.59. The quantitative estimate of drug-likeness (QED) is 0.758. The summed E-state index contributed by atoms with van der Waals surface area (Å²) in [6, 6.07) is 0. The van der Waals surface area contributed by atoms with E-state index < -0.39 is 0 Å². The van der Waals surface area contributed by atoms with E-state index in [0.717, 1.165) is 19.0 Å². The monoisotopic (exact) mass is 211 g/mol. The van der Waals surface area contributed by atoms with Gasteiger partial charge >= 0.3 is 0 Å². The standard InChI is InChI=1S/C13H25NO/c1-11(2)8-12-9-14-10-13(15-12)6-4-3-5-7-13/h11-12,14H,3-10H2,1-2H3. The number of nitrogens with one attached hydrogen (secondary N) is 1. The largest absolute Gasteiger partial charge is 0.369 e. The van der Waals surface area contributed by atoms with Gasteiger partial charge in [0.05, 0.1) is 11.7 Å². The Labute approximate surface area is 93.8 Å². The number of hydrogen-bond donors (Lipinski definition) is 1. The number of morpholine rings is 1. The van der Waals surface area contributed by atoms with Crippen molar-refractivity contribution in [2.24, 2.45) is 5.92 Å².